The normalized spacial score (nSPS) is 15.7. The third kappa shape index (κ3) is 4.69. The molecule has 2 heterocycles. The molecule has 2 aromatic rings. The first-order valence-corrected chi connectivity index (χ1v) is 10.6. The molecule has 1 aromatic carbocycles. The lowest BCUT2D eigenvalue weighted by molar-refractivity contribution is -0.134. The van der Waals surface area contributed by atoms with Crippen LogP contribution in [0.5, 0.6) is 0 Å². The van der Waals surface area contributed by atoms with Crippen molar-refractivity contribution in [3.8, 4) is 0 Å². The van der Waals surface area contributed by atoms with Gasteiger partial charge in [0.2, 0.25) is 5.91 Å². The maximum absolute atomic E-state index is 12.9. The van der Waals surface area contributed by atoms with Crippen LogP contribution in [0.15, 0.2) is 28.2 Å². The quantitative estimate of drug-likeness (QED) is 0.354. The minimum absolute atomic E-state index is 0.0189. The van der Waals surface area contributed by atoms with Gasteiger partial charge in [0.1, 0.15) is 5.78 Å². The second-order valence-corrected chi connectivity index (χ2v) is 8.90. The van der Waals surface area contributed by atoms with Gasteiger partial charge in [-0.1, -0.05) is 11.8 Å². The number of nitrogens with zero attached hydrogens (tertiary/aromatic N) is 3. The smallest absolute Gasteiger partial charge is 0.262 e. The molecule has 0 spiro atoms. The van der Waals surface area contributed by atoms with Gasteiger partial charge in [-0.05, 0) is 54.6 Å². The Hall–Kier alpha value is -1.46. The molecular weight excluding hydrogens is 481 g/mol. The fourth-order valence-electron chi connectivity index (χ4n) is 2.87. The van der Waals surface area contributed by atoms with Crippen molar-refractivity contribution in [2.75, 3.05) is 26.3 Å². The first kappa shape index (κ1) is 20.3. The van der Waals surface area contributed by atoms with Gasteiger partial charge in [0.25, 0.3) is 5.56 Å². The fourth-order valence-corrected chi connectivity index (χ4v) is 4.36. The summed E-state index contributed by atoms with van der Waals surface area (Å²) in [5.41, 5.74) is 0.302. The summed E-state index contributed by atoms with van der Waals surface area (Å²) in [6, 6.07) is 5.43. The molecule has 0 aliphatic carbocycles. The largest absolute Gasteiger partial charge is 0.378 e. The van der Waals surface area contributed by atoms with E-state index in [1.54, 1.807) is 24.0 Å². The standard InChI is InChI=1S/C18H20IN3O4S/c1-11(23)10-22-17(25)14-9-13(19)3-4-15(14)20-18(22)27-12(2)16(24)21-5-7-26-8-6-21/h3-4,9,12H,5-8,10H2,1-2H3/t12-/m1/s1. The van der Waals surface area contributed by atoms with Crippen LogP contribution in [0, 0.1) is 3.57 Å². The van der Waals surface area contributed by atoms with Gasteiger partial charge >= 0.3 is 0 Å². The number of fused-ring (bicyclic) bond motifs is 1. The van der Waals surface area contributed by atoms with Crippen molar-refractivity contribution >= 4 is 56.9 Å². The van der Waals surface area contributed by atoms with Crippen molar-refractivity contribution < 1.29 is 14.3 Å². The monoisotopic (exact) mass is 501 g/mol. The maximum Gasteiger partial charge on any atom is 0.262 e. The molecule has 0 bridgehead atoms. The van der Waals surface area contributed by atoms with Crippen LogP contribution in [0.1, 0.15) is 13.8 Å². The summed E-state index contributed by atoms with van der Waals surface area (Å²) in [7, 11) is 0. The molecule has 0 saturated carbocycles. The third-order valence-electron chi connectivity index (χ3n) is 4.21. The highest BCUT2D eigenvalue weighted by molar-refractivity contribution is 14.1. The number of Topliss-reactive ketones (excluding diaryl/α,β-unsaturated/α-hetero) is 1. The molecule has 1 atom stereocenters. The number of rotatable bonds is 5. The van der Waals surface area contributed by atoms with Crippen LogP contribution in [0.2, 0.25) is 0 Å². The predicted octanol–water partition coefficient (Wildman–Crippen LogP) is 1.93. The van der Waals surface area contributed by atoms with Crippen molar-refractivity contribution in [2.24, 2.45) is 0 Å². The summed E-state index contributed by atoms with van der Waals surface area (Å²) in [5, 5.41) is 0.437. The Morgan fingerprint density at radius 1 is 1.33 bits per heavy atom. The molecule has 27 heavy (non-hydrogen) atoms. The molecular formula is C18H20IN3O4S. The topological polar surface area (TPSA) is 81.5 Å². The molecule has 0 unspecified atom stereocenters. The Bertz CT molecular complexity index is 940. The molecule has 7 nitrogen and oxygen atoms in total. The zero-order valence-corrected chi connectivity index (χ0v) is 18.1. The van der Waals surface area contributed by atoms with E-state index >= 15 is 0 Å². The molecule has 0 N–H and O–H groups in total. The number of hydrogen-bond donors (Lipinski definition) is 0. The van der Waals surface area contributed by atoms with Crippen molar-refractivity contribution in [3.05, 3.63) is 32.1 Å². The number of benzene rings is 1. The van der Waals surface area contributed by atoms with Gasteiger partial charge in [0.15, 0.2) is 5.16 Å². The zero-order chi connectivity index (χ0) is 19.6. The minimum atomic E-state index is -0.422. The lowest BCUT2D eigenvalue weighted by Crippen LogP contribution is -2.44. The molecule has 1 aliphatic heterocycles. The summed E-state index contributed by atoms with van der Waals surface area (Å²) in [5.74, 6) is -0.160. The van der Waals surface area contributed by atoms with E-state index in [2.05, 4.69) is 27.6 Å². The number of morpholine rings is 1. The van der Waals surface area contributed by atoms with Crippen LogP contribution in [0.4, 0.5) is 0 Å². The highest BCUT2D eigenvalue weighted by atomic mass is 127. The second kappa shape index (κ2) is 8.70. The van der Waals surface area contributed by atoms with Gasteiger partial charge in [-0.25, -0.2) is 4.98 Å². The number of ether oxygens (including phenoxy) is 1. The summed E-state index contributed by atoms with van der Waals surface area (Å²) in [4.78, 5) is 43.7. The number of hydrogen-bond acceptors (Lipinski definition) is 6. The summed E-state index contributed by atoms with van der Waals surface area (Å²) in [6.07, 6.45) is 0. The van der Waals surface area contributed by atoms with Gasteiger partial charge < -0.3 is 9.64 Å². The Morgan fingerprint density at radius 3 is 2.70 bits per heavy atom. The average molecular weight is 501 g/mol. The van der Waals surface area contributed by atoms with Crippen LogP contribution in [0.3, 0.4) is 0 Å². The van der Waals surface area contributed by atoms with Crippen molar-refractivity contribution in [1.82, 2.24) is 14.5 Å². The van der Waals surface area contributed by atoms with Gasteiger partial charge in [-0.15, -0.1) is 0 Å². The number of carbonyl (C=O) groups is 2. The Kier molecular flexibility index (Phi) is 6.53. The van der Waals surface area contributed by atoms with E-state index < -0.39 is 5.25 Å². The van der Waals surface area contributed by atoms with Gasteiger partial charge in [0, 0.05) is 16.7 Å². The highest BCUT2D eigenvalue weighted by Crippen LogP contribution is 2.25. The third-order valence-corrected chi connectivity index (χ3v) is 5.96. The highest BCUT2D eigenvalue weighted by Gasteiger charge is 2.25. The minimum Gasteiger partial charge on any atom is -0.378 e. The van der Waals surface area contributed by atoms with Crippen LogP contribution in [-0.2, 0) is 20.9 Å². The molecule has 1 fully saturated rings. The molecule has 0 radical (unpaired) electrons. The van der Waals surface area contributed by atoms with Crippen LogP contribution >= 0.6 is 34.4 Å². The van der Waals surface area contributed by atoms with Crippen LogP contribution in [0.25, 0.3) is 10.9 Å². The number of carbonyl (C=O) groups excluding carboxylic acids is 2. The van der Waals surface area contributed by atoms with Crippen LogP contribution in [-0.4, -0.2) is 57.7 Å². The zero-order valence-electron chi connectivity index (χ0n) is 15.1. The number of ketones is 1. The lowest BCUT2D eigenvalue weighted by Gasteiger charge is -2.29. The first-order chi connectivity index (χ1) is 12.9. The molecule has 1 aromatic heterocycles. The number of thioether (sulfide) groups is 1. The SMILES string of the molecule is CC(=O)Cn1c(S[C@H](C)C(=O)N2CCOCC2)nc2ccc(I)cc2c1=O. The van der Waals surface area contributed by atoms with Gasteiger partial charge in [-0.2, -0.15) is 0 Å². The van der Waals surface area contributed by atoms with E-state index in [0.29, 0.717) is 42.4 Å². The van der Waals surface area contributed by atoms with Crippen molar-refractivity contribution in [1.29, 1.82) is 0 Å². The van der Waals surface area contributed by atoms with Gasteiger partial charge in [0.05, 0.1) is 35.9 Å². The Balaban J connectivity index is 1.96. The maximum atomic E-state index is 12.9. The van der Waals surface area contributed by atoms with E-state index in [1.807, 2.05) is 6.07 Å². The summed E-state index contributed by atoms with van der Waals surface area (Å²) >= 11 is 3.35. The van der Waals surface area contributed by atoms with Crippen molar-refractivity contribution in [2.45, 2.75) is 30.8 Å². The Morgan fingerprint density at radius 2 is 2.04 bits per heavy atom. The van der Waals surface area contributed by atoms with E-state index in [-0.39, 0.29) is 23.8 Å². The molecule has 3 rings (SSSR count). The first-order valence-electron chi connectivity index (χ1n) is 8.59. The Labute approximate surface area is 174 Å². The van der Waals surface area contributed by atoms with Crippen LogP contribution < -0.4 is 5.56 Å². The van der Waals surface area contributed by atoms with E-state index in [1.165, 1.54) is 23.3 Å². The molecule has 1 saturated heterocycles. The average Bonchev–Trinajstić information content (AvgIpc) is 2.65. The van der Waals surface area contributed by atoms with Gasteiger partial charge in [-0.3, -0.25) is 19.0 Å². The van der Waals surface area contributed by atoms with E-state index in [4.69, 9.17) is 4.74 Å². The van der Waals surface area contributed by atoms with E-state index in [9.17, 15) is 14.4 Å². The van der Waals surface area contributed by atoms with E-state index in [0.717, 1.165) is 3.57 Å². The predicted molar refractivity (Wildman–Crippen MR) is 112 cm³/mol. The summed E-state index contributed by atoms with van der Waals surface area (Å²) < 4.78 is 7.58. The molecule has 1 amide bonds. The summed E-state index contributed by atoms with van der Waals surface area (Å²) in [6.45, 7) is 5.36. The molecule has 1 aliphatic rings. The molecule has 144 valence electrons. The number of aromatic nitrogens is 2. The number of amides is 1. The fraction of sp³-hybridized carbons (Fsp3) is 0.444. The lowest BCUT2D eigenvalue weighted by atomic mass is 10.2. The van der Waals surface area contributed by atoms with Crippen molar-refractivity contribution in [3.63, 3.8) is 0 Å². The molecule has 9 heteroatoms. The number of halogens is 1. The second-order valence-electron chi connectivity index (χ2n) is 6.35.